The number of halogens is 1. The minimum atomic E-state index is -0.501. The lowest BCUT2D eigenvalue weighted by Gasteiger charge is -2.17. The van der Waals surface area contributed by atoms with Crippen molar-refractivity contribution in [3.63, 3.8) is 0 Å². The average molecular weight is 158 g/mol. The van der Waals surface area contributed by atoms with Crippen LogP contribution in [0.3, 0.4) is 0 Å². The normalized spacial score (nSPS) is 33.8. The molecule has 0 N–H and O–H groups in total. The van der Waals surface area contributed by atoms with Gasteiger partial charge in [0, 0.05) is 0 Å². The maximum absolute atomic E-state index is 12.9. The van der Waals surface area contributed by atoms with E-state index < -0.39 is 6.17 Å². The summed E-state index contributed by atoms with van der Waals surface area (Å²) in [7, 11) is 0. The van der Waals surface area contributed by atoms with Crippen LogP contribution >= 0.6 is 0 Å². The van der Waals surface area contributed by atoms with E-state index in [9.17, 15) is 4.39 Å². The summed E-state index contributed by atoms with van der Waals surface area (Å²) < 4.78 is 12.9. The van der Waals surface area contributed by atoms with Crippen LogP contribution in [0.5, 0.6) is 0 Å². The van der Waals surface area contributed by atoms with E-state index in [4.69, 9.17) is 0 Å². The molecule has 1 heteroatoms. The van der Waals surface area contributed by atoms with Crippen molar-refractivity contribution in [1.82, 2.24) is 0 Å². The quantitative estimate of drug-likeness (QED) is 0.512. The second-order valence-corrected chi connectivity index (χ2v) is 4.11. The molecule has 1 aliphatic rings. The Morgan fingerprint density at radius 2 is 1.82 bits per heavy atom. The van der Waals surface area contributed by atoms with Gasteiger partial charge in [-0.1, -0.05) is 26.7 Å². The molecular weight excluding hydrogens is 139 g/mol. The molecule has 0 heterocycles. The third kappa shape index (κ3) is 2.80. The predicted octanol–water partition coefficient (Wildman–Crippen LogP) is 3.56. The van der Waals surface area contributed by atoms with Crippen molar-refractivity contribution in [2.45, 2.75) is 52.1 Å². The molecule has 0 radical (unpaired) electrons. The molecule has 1 saturated carbocycles. The average Bonchev–Trinajstić information content (AvgIpc) is 2.13. The van der Waals surface area contributed by atoms with Crippen LogP contribution in [0.25, 0.3) is 0 Å². The van der Waals surface area contributed by atoms with Gasteiger partial charge in [0.1, 0.15) is 6.17 Å². The molecule has 0 aromatic carbocycles. The van der Waals surface area contributed by atoms with Gasteiger partial charge in [0.05, 0.1) is 0 Å². The third-order valence-corrected chi connectivity index (χ3v) is 2.89. The summed E-state index contributed by atoms with van der Waals surface area (Å²) in [6.07, 6.45) is 4.58. The molecule has 0 aromatic heterocycles. The van der Waals surface area contributed by atoms with Crippen LogP contribution in [-0.4, -0.2) is 6.17 Å². The van der Waals surface area contributed by atoms with Crippen LogP contribution in [0.2, 0.25) is 0 Å². The highest BCUT2D eigenvalue weighted by molar-refractivity contribution is 4.71. The Bertz CT molecular complexity index is 109. The highest BCUT2D eigenvalue weighted by Gasteiger charge is 2.19. The Morgan fingerprint density at radius 1 is 1.09 bits per heavy atom. The first-order valence-corrected chi connectivity index (χ1v) is 4.84. The van der Waals surface area contributed by atoms with Gasteiger partial charge in [-0.3, -0.25) is 0 Å². The molecule has 0 saturated heterocycles. The fourth-order valence-electron chi connectivity index (χ4n) is 1.95. The number of hydrogen-bond acceptors (Lipinski definition) is 0. The largest absolute Gasteiger partial charge is 0.247 e. The minimum absolute atomic E-state index is 0.501. The van der Waals surface area contributed by atoms with Gasteiger partial charge in [-0.05, 0) is 31.1 Å². The number of hydrogen-bond donors (Lipinski definition) is 0. The van der Waals surface area contributed by atoms with Crippen molar-refractivity contribution >= 4 is 0 Å². The Labute approximate surface area is 69.2 Å². The van der Waals surface area contributed by atoms with E-state index in [2.05, 4.69) is 13.8 Å². The van der Waals surface area contributed by atoms with Crippen LogP contribution in [0.1, 0.15) is 46.0 Å². The molecule has 0 spiro atoms. The van der Waals surface area contributed by atoms with E-state index in [1.54, 1.807) is 0 Å². The third-order valence-electron chi connectivity index (χ3n) is 2.89. The van der Waals surface area contributed by atoms with Crippen LogP contribution in [-0.2, 0) is 0 Å². The smallest absolute Gasteiger partial charge is 0.100 e. The zero-order valence-corrected chi connectivity index (χ0v) is 7.65. The molecule has 66 valence electrons. The monoisotopic (exact) mass is 158 g/mol. The van der Waals surface area contributed by atoms with E-state index in [-0.39, 0.29) is 0 Å². The van der Waals surface area contributed by atoms with Gasteiger partial charge in [-0.15, -0.1) is 0 Å². The highest BCUT2D eigenvalue weighted by Crippen LogP contribution is 2.29. The summed E-state index contributed by atoms with van der Waals surface area (Å²) >= 11 is 0. The van der Waals surface area contributed by atoms with Crippen LogP contribution < -0.4 is 0 Å². The zero-order valence-electron chi connectivity index (χ0n) is 7.65. The fourth-order valence-corrected chi connectivity index (χ4v) is 1.95. The first-order valence-electron chi connectivity index (χ1n) is 4.84. The van der Waals surface area contributed by atoms with Gasteiger partial charge in [0.2, 0.25) is 0 Å². The van der Waals surface area contributed by atoms with Crippen LogP contribution in [0, 0.1) is 11.8 Å². The summed E-state index contributed by atoms with van der Waals surface area (Å²) in [6, 6.07) is 0. The van der Waals surface area contributed by atoms with E-state index in [0.29, 0.717) is 0 Å². The maximum atomic E-state index is 12.9. The van der Waals surface area contributed by atoms with Crippen molar-refractivity contribution in [2.75, 3.05) is 0 Å². The van der Waals surface area contributed by atoms with Gasteiger partial charge < -0.3 is 0 Å². The second-order valence-electron chi connectivity index (χ2n) is 4.11. The second kappa shape index (κ2) is 4.08. The molecule has 0 aliphatic heterocycles. The molecule has 1 fully saturated rings. The van der Waals surface area contributed by atoms with Gasteiger partial charge in [-0.2, -0.15) is 0 Å². The van der Waals surface area contributed by atoms with Gasteiger partial charge in [0.25, 0.3) is 0 Å². The highest BCUT2D eigenvalue weighted by atomic mass is 19.1. The number of alkyl halides is 1. The Kier molecular flexibility index (Phi) is 3.35. The number of rotatable bonds is 1. The summed E-state index contributed by atoms with van der Waals surface area (Å²) in [5, 5.41) is 0. The molecule has 1 aliphatic carbocycles. The Morgan fingerprint density at radius 3 is 2.45 bits per heavy atom. The molecule has 0 aromatic rings. The zero-order chi connectivity index (χ0) is 8.27. The van der Waals surface area contributed by atoms with E-state index in [0.717, 1.165) is 37.5 Å². The molecule has 0 bridgehead atoms. The molecule has 0 nitrogen and oxygen atoms in total. The van der Waals surface area contributed by atoms with E-state index in [1.165, 1.54) is 6.42 Å². The van der Waals surface area contributed by atoms with E-state index in [1.807, 2.05) is 0 Å². The molecule has 0 amide bonds. The molecular formula is C10H19F. The fraction of sp³-hybridized carbons (Fsp3) is 1.00. The lowest BCUT2D eigenvalue weighted by atomic mass is 9.89. The summed E-state index contributed by atoms with van der Waals surface area (Å²) in [5.41, 5.74) is 0. The minimum Gasteiger partial charge on any atom is -0.247 e. The lowest BCUT2D eigenvalue weighted by Crippen LogP contribution is -2.07. The molecule has 2 atom stereocenters. The van der Waals surface area contributed by atoms with Crippen molar-refractivity contribution in [1.29, 1.82) is 0 Å². The maximum Gasteiger partial charge on any atom is 0.100 e. The standard InChI is InChI=1S/C10H19F/c1-8(2)9-4-3-5-10(11)7-6-9/h8-10H,3-7H2,1-2H3. The van der Waals surface area contributed by atoms with Crippen LogP contribution in [0.4, 0.5) is 4.39 Å². The van der Waals surface area contributed by atoms with Gasteiger partial charge in [0.15, 0.2) is 0 Å². The molecule has 1 rings (SSSR count). The molecule has 2 unspecified atom stereocenters. The SMILES string of the molecule is CC(C)C1CCCC(F)CC1. The van der Waals surface area contributed by atoms with Crippen molar-refractivity contribution in [3.8, 4) is 0 Å². The van der Waals surface area contributed by atoms with Gasteiger partial charge in [-0.25, -0.2) is 4.39 Å². The summed E-state index contributed by atoms with van der Waals surface area (Å²) in [5.74, 6) is 1.54. The lowest BCUT2D eigenvalue weighted by molar-refractivity contribution is 0.286. The van der Waals surface area contributed by atoms with Crippen molar-refractivity contribution in [2.24, 2.45) is 11.8 Å². The van der Waals surface area contributed by atoms with Gasteiger partial charge >= 0.3 is 0 Å². The Hall–Kier alpha value is -0.0700. The van der Waals surface area contributed by atoms with Crippen molar-refractivity contribution in [3.05, 3.63) is 0 Å². The Balaban J connectivity index is 2.34. The first-order chi connectivity index (χ1) is 5.20. The summed E-state index contributed by atoms with van der Waals surface area (Å²) in [4.78, 5) is 0. The predicted molar refractivity (Wildman–Crippen MR) is 46.3 cm³/mol. The van der Waals surface area contributed by atoms with Crippen LogP contribution in [0.15, 0.2) is 0 Å². The summed E-state index contributed by atoms with van der Waals surface area (Å²) in [6.45, 7) is 4.51. The topological polar surface area (TPSA) is 0 Å². The molecule has 11 heavy (non-hydrogen) atoms. The first kappa shape index (κ1) is 9.02. The van der Waals surface area contributed by atoms with Crippen molar-refractivity contribution < 1.29 is 4.39 Å². The van der Waals surface area contributed by atoms with E-state index >= 15 is 0 Å².